The topological polar surface area (TPSA) is 45.7 Å². The molecule has 2 saturated heterocycles. The predicted molar refractivity (Wildman–Crippen MR) is 84.4 cm³/mol. The molecule has 0 aliphatic carbocycles. The number of hydrogen-bond donors (Lipinski definition) is 0. The summed E-state index contributed by atoms with van der Waals surface area (Å²) in [6.45, 7) is 8.62. The molecule has 1 amide bonds. The summed E-state index contributed by atoms with van der Waals surface area (Å²) >= 11 is 0. The molecule has 2 aliphatic rings. The summed E-state index contributed by atoms with van der Waals surface area (Å²) in [5, 5.41) is 0. The Balaban J connectivity index is 1.54. The highest BCUT2D eigenvalue weighted by molar-refractivity contribution is 5.69. The molecular formula is C17H25N3O2. The maximum atomic E-state index is 12.0. The van der Waals surface area contributed by atoms with Gasteiger partial charge in [-0.3, -0.25) is 9.88 Å². The number of hydrogen-bond acceptors (Lipinski definition) is 4. The van der Waals surface area contributed by atoms with Gasteiger partial charge in [0.15, 0.2) is 0 Å². The lowest BCUT2D eigenvalue weighted by atomic mass is 9.91. The Morgan fingerprint density at radius 3 is 2.82 bits per heavy atom. The van der Waals surface area contributed by atoms with Crippen LogP contribution in [0, 0.1) is 5.41 Å². The molecule has 2 aliphatic heterocycles. The molecule has 5 heteroatoms. The Morgan fingerprint density at radius 2 is 2.14 bits per heavy atom. The fourth-order valence-electron chi connectivity index (χ4n) is 3.33. The van der Waals surface area contributed by atoms with Crippen molar-refractivity contribution in [3.05, 3.63) is 30.1 Å². The molecule has 0 bridgehead atoms. The highest BCUT2D eigenvalue weighted by atomic mass is 16.6. The number of likely N-dealkylation sites (tertiary alicyclic amines) is 1. The van der Waals surface area contributed by atoms with E-state index in [9.17, 15) is 4.79 Å². The number of nitrogens with zero attached hydrogens (tertiary/aromatic N) is 3. The molecule has 0 unspecified atom stereocenters. The van der Waals surface area contributed by atoms with Crippen LogP contribution in [0.2, 0.25) is 0 Å². The van der Waals surface area contributed by atoms with Crippen molar-refractivity contribution < 1.29 is 9.53 Å². The summed E-state index contributed by atoms with van der Waals surface area (Å²) in [5.41, 5.74) is 1.31. The molecule has 0 spiro atoms. The van der Waals surface area contributed by atoms with Gasteiger partial charge in [0.05, 0.1) is 6.61 Å². The minimum absolute atomic E-state index is 0.0563. The second-order valence-corrected chi connectivity index (χ2v) is 7.22. The maximum Gasteiger partial charge on any atom is 0.410 e. The first-order chi connectivity index (χ1) is 10.5. The zero-order valence-corrected chi connectivity index (χ0v) is 13.5. The van der Waals surface area contributed by atoms with E-state index in [2.05, 4.69) is 29.8 Å². The van der Waals surface area contributed by atoms with Crippen LogP contribution in [0.4, 0.5) is 4.79 Å². The predicted octanol–water partition coefficient (Wildman–Crippen LogP) is 2.52. The standard InChI is InChI=1S/C17H25N3O2/c1-17(2)12-20(16(21)22-13-17)15-5-8-19(9-6-15)11-14-4-3-7-18-10-14/h3-4,7,10,15H,5-6,8-9,11-13H2,1-2H3. The number of ether oxygens (including phenoxy) is 1. The maximum absolute atomic E-state index is 12.0. The molecule has 0 radical (unpaired) electrons. The summed E-state index contributed by atoms with van der Waals surface area (Å²) in [6.07, 6.45) is 5.64. The van der Waals surface area contributed by atoms with E-state index in [1.165, 1.54) is 5.56 Å². The van der Waals surface area contributed by atoms with Crippen LogP contribution in [-0.4, -0.2) is 53.2 Å². The monoisotopic (exact) mass is 303 g/mol. The van der Waals surface area contributed by atoms with Crippen molar-refractivity contribution in [2.24, 2.45) is 5.41 Å². The van der Waals surface area contributed by atoms with Gasteiger partial charge in [-0.25, -0.2) is 4.79 Å². The summed E-state index contributed by atoms with van der Waals surface area (Å²) in [5.74, 6) is 0. The Morgan fingerprint density at radius 1 is 1.36 bits per heavy atom. The second-order valence-electron chi connectivity index (χ2n) is 7.22. The Kier molecular flexibility index (Phi) is 4.34. The first-order valence-corrected chi connectivity index (χ1v) is 8.08. The third-order valence-corrected chi connectivity index (χ3v) is 4.55. The third kappa shape index (κ3) is 3.58. The summed E-state index contributed by atoms with van der Waals surface area (Å²) in [6, 6.07) is 4.41. The molecule has 120 valence electrons. The zero-order chi connectivity index (χ0) is 15.6. The molecule has 0 N–H and O–H groups in total. The van der Waals surface area contributed by atoms with Gasteiger partial charge in [0.2, 0.25) is 0 Å². The molecule has 5 nitrogen and oxygen atoms in total. The highest BCUT2D eigenvalue weighted by Gasteiger charge is 2.37. The molecule has 2 fully saturated rings. The average molecular weight is 303 g/mol. The fraction of sp³-hybridized carbons (Fsp3) is 0.647. The van der Waals surface area contributed by atoms with E-state index in [0.29, 0.717) is 12.6 Å². The Hall–Kier alpha value is -1.62. The van der Waals surface area contributed by atoms with Gasteiger partial charge in [0.25, 0.3) is 0 Å². The normalized spacial score (nSPS) is 23.4. The highest BCUT2D eigenvalue weighted by Crippen LogP contribution is 2.28. The number of pyridine rings is 1. The molecule has 0 aromatic carbocycles. The minimum Gasteiger partial charge on any atom is -0.449 e. The lowest BCUT2D eigenvalue weighted by molar-refractivity contribution is -0.0168. The Bertz CT molecular complexity index is 510. The number of aromatic nitrogens is 1. The average Bonchev–Trinajstić information content (AvgIpc) is 2.52. The molecule has 3 rings (SSSR count). The number of piperidine rings is 1. The van der Waals surface area contributed by atoms with Gasteiger partial charge >= 0.3 is 6.09 Å². The van der Waals surface area contributed by atoms with Crippen molar-refractivity contribution in [3.8, 4) is 0 Å². The number of amides is 1. The van der Waals surface area contributed by atoms with Crippen molar-refractivity contribution >= 4 is 6.09 Å². The molecular weight excluding hydrogens is 278 g/mol. The first-order valence-electron chi connectivity index (χ1n) is 8.08. The van der Waals surface area contributed by atoms with Crippen LogP contribution in [0.3, 0.4) is 0 Å². The van der Waals surface area contributed by atoms with Crippen LogP contribution in [0.15, 0.2) is 24.5 Å². The Labute approximate surface area is 132 Å². The van der Waals surface area contributed by atoms with Gasteiger partial charge in [-0.15, -0.1) is 0 Å². The van der Waals surface area contributed by atoms with E-state index in [4.69, 9.17) is 4.74 Å². The van der Waals surface area contributed by atoms with Gasteiger partial charge in [-0.1, -0.05) is 19.9 Å². The van der Waals surface area contributed by atoms with Gasteiger partial charge in [-0.05, 0) is 24.5 Å². The van der Waals surface area contributed by atoms with Gasteiger partial charge in [0, 0.05) is 50.0 Å². The van der Waals surface area contributed by atoms with E-state index in [0.717, 1.165) is 39.0 Å². The quantitative estimate of drug-likeness (QED) is 0.861. The van der Waals surface area contributed by atoms with Gasteiger partial charge in [0.1, 0.15) is 0 Å². The molecule has 1 aromatic heterocycles. The second kappa shape index (κ2) is 6.24. The van der Waals surface area contributed by atoms with Crippen LogP contribution >= 0.6 is 0 Å². The van der Waals surface area contributed by atoms with Crippen LogP contribution in [0.25, 0.3) is 0 Å². The van der Waals surface area contributed by atoms with Crippen LogP contribution < -0.4 is 0 Å². The van der Waals surface area contributed by atoms with Crippen molar-refractivity contribution in [1.29, 1.82) is 0 Å². The lowest BCUT2D eigenvalue weighted by Gasteiger charge is -2.44. The largest absolute Gasteiger partial charge is 0.449 e. The van der Waals surface area contributed by atoms with Crippen molar-refractivity contribution in [3.63, 3.8) is 0 Å². The zero-order valence-electron chi connectivity index (χ0n) is 13.5. The number of carbonyl (C=O) groups excluding carboxylic acids is 1. The number of rotatable bonds is 3. The van der Waals surface area contributed by atoms with Crippen molar-refractivity contribution in [2.45, 2.75) is 39.3 Å². The van der Waals surface area contributed by atoms with E-state index in [1.807, 2.05) is 17.2 Å². The van der Waals surface area contributed by atoms with E-state index >= 15 is 0 Å². The van der Waals surface area contributed by atoms with Crippen molar-refractivity contribution in [2.75, 3.05) is 26.2 Å². The van der Waals surface area contributed by atoms with E-state index in [1.54, 1.807) is 6.20 Å². The lowest BCUT2D eigenvalue weighted by Crippen LogP contribution is -2.54. The third-order valence-electron chi connectivity index (χ3n) is 4.55. The van der Waals surface area contributed by atoms with E-state index < -0.39 is 0 Å². The molecule has 0 atom stereocenters. The number of carbonyl (C=O) groups is 1. The van der Waals surface area contributed by atoms with Gasteiger partial charge < -0.3 is 9.64 Å². The smallest absolute Gasteiger partial charge is 0.410 e. The molecule has 0 saturated carbocycles. The van der Waals surface area contributed by atoms with E-state index in [-0.39, 0.29) is 11.5 Å². The van der Waals surface area contributed by atoms with Crippen LogP contribution in [-0.2, 0) is 11.3 Å². The molecule has 1 aromatic rings. The number of cyclic esters (lactones) is 1. The minimum atomic E-state index is -0.134. The van der Waals surface area contributed by atoms with Crippen LogP contribution in [0.5, 0.6) is 0 Å². The first kappa shape index (κ1) is 15.3. The van der Waals surface area contributed by atoms with Crippen LogP contribution in [0.1, 0.15) is 32.3 Å². The van der Waals surface area contributed by atoms with Gasteiger partial charge in [-0.2, -0.15) is 0 Å². The summed E-state index contributed by atoms with van der Waals surface area (Å²) in [7, 11) is 0. The summed E-state index contributed by atoms with van der Waals surface area (Å²) in [4.78, 5) is 20.6. The molecule has 3 heterocycles. The van der Waals surface area contributed by atoms with Crippen molar-refractivity contribution in [1.82, 2.24) is 14.8 Å². The fourth-order valence-corrected chi connectivity index (χ4v) is 3.33. The molecule has 22 heavy (non-hydrogen) atoms. The SMILES string of the molecule is CC1(C)COC(=O)N(C2CCN(Cc3cccnc3)CC2)C1. The summed E-state index contributed by atoms with van der Waals surface area (Å²) < 4.78 is 5.35.